The number of benzene rings is 1. The summed E-state index contributed by atoms with van der Waals surface area (Å²) in [4.78, 5) is 21.1. The molecular weight excluding hydrogens is 270 g/mol. The maximum absolute atomic E-state index is 10.9. The molecule has 1 aromatic rings. The van der Waals surface area contributed by atoms with Gasteiger partial charge in [0.05, 0.1) is 16.6 Å². The number of carbonyl (C=O) groups is 1. The molecule has 2 N–H and O–H groups in total. The van der Waals surface area contributed by atoms with E-state index < -0.39 is 17.1 Å². The van der Waals surface area contributed by atoms with E-state index >= 15 is 0 Å². The Morgan fingerprint density at radius 1 is 1.47 bits per heavy atom. The lowest BCUT2D eigenvalue weighted by Crippen LogP contribution is -2.23. The standard InChI is InChI=1S/C12H15NO5S/c1-7-4-3-5-9(13(17)18)11(7)12(16)10(15)6-19-8(2)14/h3-5,10,12,15-16H,6H2,1-2H3. The third kappa shape index (κ3) is 4.02. The van der Waals surface area contributed by atoms with Crippen molar-refractivity contribution >= 4 is 22.6 Å². The maximum Gasteiger partial charge on any atom is 0.275 e. The van der Waals surface area contributed by atoms with Crippen molar-refractivity contribution in [1.82, 2.24) is 0 Å². The third-order valence-corrected chi connectivity index (χ3v) is 3.53. The van der Waals surface area contributed by atoms with E-state index in [1.54, 1.807) is 13.0 Å². The maximum atomic E-state index is 10.9. The van der Waals surface area contributed by atoms with E-state index in [-0.39, 0.29) is 22.1 Å². The van der Waals surface area contributed by atoms with Gasteiger partial charge in [0.2, 0.25) is 0 Å². The molecule has 1 aromatic carbocycles. The lowest BCUT2D eigenvalue weighted by Gasteiger charge is -2.19. The van der Waals surface area contributed by atoms with Gasteiger partial charge in [0.15, 0.2) is 5.12 Å². The molecule has 0 aliphatic heterocycles. The van der Waals surface area contributed by atoms with Gasteiger partial charge in [-0.15, -0.1) is 0 Å². The third-order valence-electron chi connectivity index (χ3n) is 2.62. The highest BCUT2D eigenvalue weighted by molar-refractivity contribution is 8.13. The lowest BCUT2D eigenvalue weighted by molar-refractivity contribution is -0.386. The highest BCUT2D eigenvalue weighted by atomic mass is 32.2. The highest BCUT2D eigenvalue weighted by Crippen LogP contribution is 2.31. The summed E-state index contributed by atoms with van der Waals surface area (Å²) in [5.74, 6) is -0.0119. The van der Waals surface area contributed by atoms with Gasteiger partial charge in [-0.05, 0) is 12.5 Å². The molecule has 0 spiro atoms. The Hall–Kier alpha value is -1.44. The zero-order valence-corrected chi connectivity index (χ0v) is 11.4. The summed E-state index contributed by atoms with van der Waals surface area (Å²) in [5.41, 5.74) is 0.372. The molecule has 1 rings (SSSR count). The molecule has 19 heavy (non-hydrogen) atoms. The van der Waals surface area contributed by atoms with Crippen molar-refractivity contribution in [2.75, 3.05) is 5.75 Å². The smallest absolute Gasteiger partial charge is 0.275 e. The molecule has 0 bridgehead atoms. The minimum Gasteiger partial charge on any atom is -0.389 e. The molecular formula is C12H15NO5S. The summed E-state index contributed by atoms with van der Waals surface area (Å²) in [6.45, 7) is 2.97. The van der Waals surface area contributed by atoms with Crippen LogP contribution in [0.5, 0.6) is 0 Å². The van der Waals surface area contributed by atoms with Crippen LogP contribution in [0.25, 0.3) is 0 Å². The number of carbonyl (C=O) groups excluding carboxylic acids is 1. The number of nitro benzene ring substituents is 1. The van der Waals surface area contributed by atoms with Gasteiger partial charge < -0.3 is 10.2 Å². The predicted octanol–water partition coefficient (Wildman–Crippen LogP) is 1.58. The molecule has 0 radical (unpaired) electrons. The topological polar surface area (TPSA) is 101 Å². The molecule has 2 atom stereocenters. The molecule has 2 unspecified atom stereocenters. The lowest BCUT2D eigenvalue weighted by atomic mass is 9.98. The van der Waals surface area contributed by atoms with Crippen molar-refractivity contribution in [3.05, 3.63) is 39.4 Å². The van der Waals surface area contributed by atoms with E-state index in [0.29, 0.717) is 5.56 Å². The number of hydrogen-bond donors (Lipinski definition) is 2. The summed E-state index contributed by atoms with van der Waals surface area (Å²) in [5, 5.41) is 30.6. The Morgan fingerprint density at radius 2 is 2.11 bits per heavy atom. The molecule has 0 amide bonds. The molecule has 0 aromatic heterocycles. The van der Waals surface area contributed by atoms with E-state index in [4.69, 9.17) is 0 Å². The Balaban J connectivity index is 3.01. The number of aryl methyl sites for hydroxylation is 1. The molecule has 0 heterocycles. The van der Waals surface area contributed by atoms with Crippen LogP contribution in [0.3, 0.4) is 0 Å². The van der Waals surface area contributed by atoms with Gasteiger partial charge >= 0.3 is 0 Å². The first-order valence-corrected chi connectivity index (χ1v) is 6.56. The number of aliphatic hydroxyl groups excluding tert-OH is 2. The largest absolute Gasteiger partial charge is 0.389 e. The zero-order valence-electron chi connectivity index (χ0n) is 10.6. The first-order valence-electron chi connectivity index (χ1n) is 5.58. The Morgan fingerprint density at radius 3 is 2.63 bits per heavy atom. The fraction of sp³-hybridized carbons (Fsp3) is 0.417. The molecule has 6 nitrogen and oxygen atoms in total. The van der Waals surface area contributed by atoms with E-state index in [1.807, 2.05) is 0 Å². The van der Waals surface area contributed by atoms with E-state index in [9.17, 15) is 25.1 Å². The van der Waals surface area contributed by atoms with Crippen LogP contribution in [0.15, 0.2) is 18.2 Å². The summed E-state index contributed by atoms with van der Waals surface area (Å²) < 4.78 is 0. The summed E-state index contributed by atoms with van der Waals surface area (Å²) in [7, 11) is 0. The average Bonchev–Trinajstić information content (AvgIpc) is 2.34. The summed E-state index contributed by atoms with van der Waals surface area (Å²) >= 11 is 0.864. The first-order chi connectivity index (χ1) is 8.84. The van der Waals surface area contributed by atoms with Gasteiger partial charge in [0, 0.05) is 18.7 Å². The van der Waals surface area contributed by atoms with Crippen LogP contribution in [-0.4, -0.2) is 32.1 Å². The van der Waals surface area contributed by atoms with Gasteiger partial charge in [-0.25, -0.2) is 0 Å². The van der Waals surface area contributed by atoms with Crippen LogP contribution in [-0.2, 0) is 4.79 Å². The van der Waals surface area contributed by atoms with Gasteiger partial charge in [0.25, 0.3) is 5.69 Å². The van der Waals surface area contributed by atoms with Crippen LogP contribution in [0.2, 0.25) is 0 Å². The summed E-state index contributed by atoms with van der Waals surface area (Å²) in [6.07, 6.45) is -2.64. The van der Waals surface area contributed by atoms with E-state index in [2.05, 4.69) is 0 Å². The average molecular weight is 285 g/mol. The monoisotopic (exact) mass is 285 g/mol. The van der Waals surface area contributed by atoms with Crippen molar-refractivity contribution in [2.24, 2.45) is 0 Å². The molecule has 0 saturated carbocycles. The van der Waals surface area contributed by atoms with Crippen molar-refractivity contribution in [3.63, 3.8) is 0 Å². The quantitative estimate of drug-likeness (QED) is 0.629. The number of nitro groups is 1. The van der Waals surface area contributed by atoms with Crippen molar-refractivity contribution in [1.29, 1.82) is 0 Å². The van der Waals surface area contributed by atoms with Gasteiger partial charge in [-0.2, -0.15) is 0 Å². The van der Waals surface area contributed by atoms with Crippen molar-refractivity contribution in [2.45, 2.75) is 26.1 Å². The van der Waals surface area contributed by atoms with Crippen LogP contribution >= 0.6 is 11.8 Å². The van der Waals surface area contributed by atoms with Crippen molar-refractivity contribution < 1.29 is 19.9 Å². The molecule has 7 heteroatoms. The molecule has 0 saturated heterocycles. The van der Waals surface area contributed by atoms with Crippen LogP contribution in [0.1, 0.15) is 24.2 Å². The second kappa shape index (κ2) is 6.65. The van der Waals surface area contributed by atoms with E-state index in [0.717, 1.165) is 11.8 Å². The minimum atomic E-state index is -1.39. The first kappa shape index (κ1) is 15.6. The van der Waals surface area contributed by atoms with Gasteiger partial charge in [-0.3, -0.25) is 14.9 Å². The molecule has 0 aliphatic carbocycles. The minimum absolute atomic E-state index is 0.0119. The molecule has 0 fully saturated rings. The Bertz CT molecular complexity index is 491. The van der Waals surface area contributed by atoms with Gasteiger partial charge in [0.1, 0.15) is 6.10 Å². The normalized spacial score (nSPS) is 13.9. The highest BCUT2D eigenvalue weighted by Gasteiger charge is 2.28. The van der Waals surface area contributed by atoms with Crippen molar-refractivity contribution in [3.8, 4) is 0 Å². The number of hydrogen-bond acceptors (Lipinski definition) is 6. The van der Waals surface area contributed by atoms with E-state index in [1.165, 1.54) is 19.1 Å². The van der Waals surface area contributed by atoms with Crippen LogP contribution in [0, 0.1) is 17.0 Å². The van der Waals surface area contributed by atoms with Crippen LogP contribution < -0.4 is 0 Å². The second-order valence-corrected chi connectivity index (χ2v) is 5.28. The Kier molecular flexibility index (Phi) is 5.46. The SMILES string of the molecule is CC(=O)SCC(O)C(O)c1c(C)cccc1[N+](=O)[O-]. The Labute approximate surface area is 114 Å². The number of thioether (sulfide) groups is 1. The number of aliphatic hydroxyl groups is 2. The predicted molar refractivity (Wildman–Crippen MR) is 71.9 cm³/mol. The second-order valence-electron chi connectivity index (χ2n) is 4.08. The fourth-order valence-electron chi connectivity index (χ4n) is 1.70. The number of nitrogens with zero attached hydrogens (tertiary/aromatic N) is 1. The summed E-state index contributed by atoms with van der Waals surface area (Å²) in [6, 6.07) is 4.41. The fourth-order valence-corrected chi connectivity index (χ4v) is 2.28. The zero-order chi connectivity index (χ0) is 14.6. The van der Waals surface area contributed by atoms with Crippen LogP contribution in [0.4, 0.5) is 5.69 Å². The molecule has 104 valence electrons. The molecule has 0 aliphatic rings. The van der Waals surface area contributed by atoms with Gasteiger partial charge in [-0.1, -0.05) is 23.9 Å². The number of rotatable bonds is 5.